The second-order valence-corrected chi connectivity index (χ2v) is 7.90. The van der Waals surface area contributed by atoms with Gasteiger partial charge in [0.25, 0.3) is 0 Å². The lowest BCUT2D eigenvalue weighted by molar-refractivity contribution is -0.142. The Morgan fingerprint density at radius 1 is 1.03 bits per heavy atom. The van der Waals surface area contributed by atoms with E-state index in [1.54, 1.807) is 5.38 Å². The number of aromatic nitrogens is 2. The number of thiazole rings is 1. The van der Waals surface area contributed by atoms with E-state index >= 15 is 0 Å². The molecule has 0 aliphatic carbocycles. The van der Waals surface area contributed by atoms with E-state index in [2.05, 4.69) is 0 Å². The van der Waals surface area contributed by atoms with Crippen molar-refractivity contribution in [2.24, 2.45) is 0 Å². The van der Waals surface area contributed by atoms with Crippen LogP contribution in [-0.2, 0) is 16.1 Å². The molecular formula is C22H24N2O4S. The van der Waals surface area contributed by atoms with Crippen molar-refractivity contribution in [2.45, 2.75) is 40.7 Å². The summed E-state index contributed by atoms with van der Waals surface area (Å²) in [5.74, 6) is -0.739. The summed E-state index contributed by atoms with van der Waals surface area (Å²) in [6.45, 7) is 7.61. The maximum Gasteiger partial charge on any atom is 0.308 e. The molecule has 0 saturated heterocycles. The number of carbonyl (C=O) groups excluding carboxylic acids is 2. The van der Waals surface area contributed by atoms with Gasteiger partial charge in [-0.3, -0.25) is 14.4 Å². The van der Waals surface area contributed by atoms with Crippen molar-refractivity contribution in [3.05, 3.63) is 73.6 Å². The van der Waals surface area contributed by atoms with Gasteiger partial charge in [0.2, 0.25) is 5.78 Å². The number of hydrogen-bond acceptors (Lipinski definition) is 5. The van der Waals surface area contributed by atoms with Crippen molar-refractivity contribution in [1.82, 2.24) is 9.13 Å². The van der Waals surface area contributed by atoms with Gasteiger partial charge < -0.3 is 13.9 Å². The smallest absolute Gasteiger partial charge is 0.308 e. The molecule has 2 heterocycles. The molecule has 7 heteroatoms. The van der Waals surface area contributed by atoms with Gasteiger partial charge in [-0.25, -0.2) is 0 Å². The van der Waals surface area contributed by atoms with Crippen molar-refractivity contribution >= 4 is 23.1 Å². The van der Waals surface area contributed by atoms with Gasteiger partial charge in [-0.15, -0.1) is 0 Å². The fraction of sp³-hybridized carbons (Fsp3) is 0.318. The molecule has 0 aliphatic rings. The van der Waals surface area contributed by atoms with Crippen LogP contribution in [0.3, 0.4) is 0 Å². The molecule has 3 rings (SSSR count). The fourth-order valence-electron chi connectivity index (χ4n) is 3.31. The first-order valence-corrected chi connectivity index (χ1v) is 10.3. The van der Waals surface area contributed by atoms with Crippen LogP contribution in [0.5, 0.6) is 0 Å². The molecule has 0 bridgehead atoms. The highest BCUT2D eigenvalue weighted by Crippen LogP contribution is 2.21. The molecule has 0 unspecified atom stereocenters. The maximum absolute atomic E-state index is 12.6. The summed E-state index contributed by atoms with van der Waals surface area (Å²) in [5.41, 5.74) is 5.26. The number of rotatable bonds is 7. The summed E-state index contributed by atoms with van der Waals surface area (Å²) in [4.78, 5) is 36.2. The van der Waals surface area contributed by atoms with Gasteiger partial charge in [0.05, 0.1) is 6.42 Å². The SMILES string of the molecule is Cc1ccc(-n2c(C)cc(C(=O)COC(=O)CCn3c(C)csc3=O)c2C)cc1. The number of hydrogen-bond donors (Lipinski definition) is 0. The highest BCUT2D eigenvalue weighted by Gasteiger charge is 2.18. The van der Waals surface area contributed by atoms with E-state index in [4.69, 9.17) is 4.74 Å². The van der Waals surface area contributed by atoms with E-state index in [0.717, 1.165) is 34.1 Å². The monoisotopic (exact) mass is 412 g/mol. The third kappa shape index (κ3) is 4.56. The summed E-state index contributed by atoms with van der Waals surface area (Å²) in [7, 11) is 0. The Hall–Kier alpha value is -2.93. The van der Waals surface area contributed by atoms with Crippen LogP contribution in [0.15, 0.2) is 40.5 Å². The summed E-state index contributed by atoms with van der Waals surface area (Å²) in [5, 5.41) is 1.75. The molecular weight excluding hydrogens is 388 g/mol. The van der Waals surface area contributed by atoms with Crippen molar-refractivity contribution in [1.29, 1.82) is 0 Å². The lowest BCUT2D eigenvalue weighted by Crippen LogP contribution is -2.20. The quantitative estimate of drug-likeness (QED) is 0.438. The van der Waals surface area contributed by atoms with E-state index in [0.29, 0.717) is 5.56 Å². The van der Waals surface area contributed by atoms with Crippen LogP contribution in [0.1, 0.15) is 39.4 Å². The van der Waals surface area contributed by atoms with Gasteiger partial charge in [-0.1, -0.05) is 29.0 Å². The molecule has 0 fully saturated rings. The number of nitrogens with zero attached hydrogens (tertiary/aromatic N) is 2. The Bertz CT molecular complexity index is 1100. The van der Waals surface area contributed by atoms with Crippen molar-refractivity contribution in [3.8, 4) is 5.69 Å². The first-order chi connectivity index (χ1) is 13.8. The number of Topliss-reactive ketones (excluding diaryl/α,β-unsaturated/α-hetero) is 1. The molecule has 0 amide bonds. The lowest BCUT2D eigenvalue weighted by atomic mass is 10.1. The second-order valence-electron chi connectivity index (χ2n) is 7.08. The van der Waals surface area contributed by atoms with Gasteiger partial charge >= 0.3 is 10.8 Å². The summed E-state index contributed by atoms with van der Waals surface area (Å²) in [6, 6.07) is 9.89. The molecule has 3 aromatic rings. The Labute approximate surface area is 173 Å². The van der Waals surface area contributed by atoms with Crippen LogP contribution in [0, 0.1) is 27.7 Å². The predicted octanol–water partition coefficient (Wildman–Crippen LogP) is 3.75. The third-order valence-electron chi connectivity index (χ3n) is 4.90. The minimum Gasteiger partial charge on any atom is -0.457 e. The molecule has 0 radical (unpaired) electrons. The average molecular weight is 413 g/mol. The molecule has 1 aromatic carbocycles. The van der Waals surface area contributed by atoms with Crippen molar-refractivity contribution in [3.63, 3.8) is 0 Å². The Morgan fingerprint density at radius 2 is 1.72 bits per heavy atom. The largest absolute Gasteiger partial charge is 0.457 e. The molecule has 6 nitrogen and oxygen atoms in total. The lowest BCUT2D eigenvalue weighted by Gasteiger charge is -2.10. The minimum absolute atomic E-state index is 0.0488. The first-order valence-electron chi connectivity index (χ1n) is 9.37. The van der Waals surface area contributed by atoms with Gasteiger partial charge in [0, 0.05) is 40.3 Å². The first kappa shape index (κ1) is 20.8. The van der Waals surface area contributed by atoms with Crippen LogP contribution < -0.4 is 4.87 Å². The standard InChI is InChI=1S/C22H24N2O4S/c1-14-5-7-18(8-6-14)24-15(2)11-19(17(24)4)20(25)12-28-21(26)9-10-23-16(3)13-29-22(23)27/h5-8,11,13H,9-10,12H2,1-4H3. The molecule has 2 aromatic heterocycles. The summed E-state index contributed by atoms with van der Waals surface area (Å²) in [6.07, 6.45) is 0.0488. The predicted molar refractivity (Wildman–Crippen MR) is 113 cm³/mol. The second kappa shape index (κ2) is 8.61. The number of ether oxygens (including phenoxy) is 1. The van der Waals surface area contributed by atoms with Gasteiger partial charge in [0.15, 0.2) is 6.61 Å². The van der Waals surface area contributed by atoms with Gasteiger partial charge in [0.1, 0.15) is 0 Å². The van der Waals surface area contributed by atoms with Crippen LogP contribution in [0.4, 0.5) is 0 Å². The van der Waals surface area contributed by atoms with Crippen LogP contribution in [-0.4, -0.2) is 27.5 Å². The third-order valence-corrected chi connectivity index (χ3v) is 5.78. The van der Waals surface area contributed by atoms with E-state index in [1.807, 2.05) is 62.6 Å². The van der Waals surface area contributed by atoms with E-state index in [-0.39, 0.29) is 30.2 Å². The van der Waals surface area contributed by atoms with Crippen LogP contribution in [0.2, 0.25) is 0 Å². The zero-order valence-electron chi connectivity index (χ0n) is 17.0. The highest BCUT2D eigenvalue weighted by atomic mass is 32.1. The normalized spacial score (nSPS) is 10.9. The summed E-state index contributed by atoms with van der Waals surface area (Å²) < 4.78 is 8.70. The molecule has 0 atom stereocenters. The Balaban J connectivity index is 1.64. The van der Waals surface area contributed by atoms with Gasteiger partial charge in [-0.2, -0.15) is 0 Å². The van der Waals surface area contributed by atoms with Gasteiger partial charge in [-0.05, 0) is 45.9 Å². The molecule has 0 saturated carbocycles. The van der Waals surface area contributed by atoms with Crippen molar-refractivity contribution in [2.75, 3.05) is 6.61 Å². The van der Waals surface area contributed by atoms with E-state index in [9.17, 15) is 14.4 Å². The zero-order valence-corrected chi connectivity index (χ0v) is 17.8. The Morgan fingerprint density at radius 3 is 2.34 bits per heavy atom. The zero-order chi connectivity index (χ0) is 21.1. The number of aryl methyl sites for hydroxylation is 3. The molecule has 29 heavy (non-hydrogen) atoms. The van der Waals surface area contributed by atoms with Crippen LogP contribution >= 0.6 is 11.3 Å². The highest BCUT2D eigenvalue weighted by molar-refractivity contribution is 7.07. The van der Waals surface area contributed by atoms with Crippen molar-refractivity contribution < 1.29 is 14.3 Å². The number of benzene rings is 1. The maximum atomic E-state index is 12.6. The number of esters is 1. The number of ketones is 1. The minimum atomic E-state index is -0.497. The fourth-order valence-corrected chi connectivity index (χ4v) is 4.07. The molecule has 0 spiro atoms. The van der Waals surface area contributed by atoms with E-state index < -0.39 is 5.97 Å². The number of carbonyl (C=O) groups is 2. The topological polar surface area (TPSA) is 70.3 Å². The molecule has 0 N–H and O–H groups in total. The van der Waals surface area contributed by atoms with Crippen LogP contribution in [0.25, 0.3) is 5.69 Å². The average Bonchev–Trinajstić information content (AvgIpc) is 3.17. The summed E-state index contributed by atoms with van der Waals surface area (Å²) >= 11 is 1.10. The molecule has 0 aliphatic heterocycles. The Kier molecular flexibility index (Phi) is 6.17. The molecule has 152 valence electrons. The van der Waals surface area contributed by atoms with E-state index in [1.165, 1.54) is 10.1 Å².